The Hall–Kier alpha value is -2.85. The summed E-state index contributed by atoms with van der Waals surface area (Å²) in [5, 5.41) is 3.19. The molecule has 142 valence electrons. The van der Waals surface area contributed by atoms with Gasteiger partial charge in [0.1, 0.15) is 10.9 Å². The molecule has 1 aliphatic carbocycles. The molecule has 1 amide bonds. The van der Waals surface area contributed by atoms with Crippen LogP contribution in [0.15, 0.2) is 66.9 Å². The van der Waals surface area contributed by atoms with Crippen molar-refractivity contribution in [1.82, 2.24) is 10.3 Å². The van der Waals surface area contributed by atoms with Crippen molar-refractivity contribution >= 4 is 17.5 Å². The predicted molar refractivity (Wildman–Crippen MR) is 110 cm³/mol. The van der Waals surface area contributed by atoms with Crippen LogP contribution >= 0.6 is 11.6 Å². The summed E-state index contributed by atoms with van der Waals surface area (Å²) in [5.74, 6) is 1.50. The minimum Gasteiger partial charge on any atom is -0.455 e. The summed E-state index contributed by atoms with van der Waals surface area (Å²) in [4.78, 5) is 16.8. The number of halogens is 1. The van der Waals surface area contributed by atoms with E-state index < -0.39 is 0 Å². The fourth-order valence-electron chi connectivity index (χ4n) is 3.11. The summed E-state index contributed by atoms with van der Waals surface area (Å²) in [6, 6.07) is 19.6. The standard InChI is InChI=1S/C23H21ClN2O2/c24-22-14-20(23(27)25-12-11-16-5-2-1-3-6-16)21(15-26-22)28-19-8-4-7-18(13-19)17-9-10-17/h1-8,13-15,17H,9-12H2,(H,25,27). The van der Waals surface area contributed by atoms with Gasteiger partial charge in [0.2, 0.25) is 0 Å². The van der Waals surface area contributed by atoms with Crippen LogP contribution in [0.1, 0.15) is 40.2 Å². The number of rotatable bonds is 7. The Kier molecular flexibility index (Phi) is 5.58. The molecule has 1 saturated carbocycles. The molecule has 1 aliphatic rings. The average Bonchev–Trinajstić information content (AvgIpc) is 3.56. The highest BCUT2D eigenvalue weighted by atomic mass is 35.5. The topological polar surface area (TPSA) is 51.2 Å². The molecule has 3 aromatic rings. The first kappa shape index (κ1) is 18.5. The zero-order valence-corrected chi connectivity index (χ0v) is 16.2. The Labute approximate surface area is 169 Å². The summed E-state index contributed by atoms with van der Waals surface area (Å²) < 4.78 is 5.99. The van der Waals surface area contributed by atoms with Gasteiger partial charge in [0.05, 0.1) is 11.8 Å². The molecule has 0 bridgehead atoms. The van der Waals surface area contributed by atoms with Crippen LogP contribution in [0.2, 0.25) is 5.15 Å². The summed E-state index contributed by atoms with van der Waals surface area (Å²) in [6.07, 6.45) is 4.70. The first-order chi connectivity index (χ1) is 13.7. The molecule has 0 saturated heterocycles. The first-order valence-corrected chi connectivity index (χ1v) is 9.82. The summed E-state index contributed by atoms with van der Waals surface area (Å²) in [5.41, 5.74) is 2.82. The highest BCUT2D eigenvalue weighted by Gasteiger charge is 2.24. The van der Waals surface area contributed by atoms with Crippen LogP contribution in [-0.2, 0) is 6.42 Å². The van der Waals surface area contributed by atoms with Crippen molar-refractivity contribution in [3.05, 3.63) is 88.7 Å². The van der Waals surface area contributed by atoms with E-state index in [0.29, 0.717) is 29.5 Å². The number of hydrogen-bond acceptors (Lipinski definition) is 3. The van der Waals surface area contributed by atoms with Crippen LogP contribution in [0.25, 0.3) is 0 Å². The first-order valence-electron chi connectivity index (χ1n) is 9.44. The minimum absolute atomic E-state index is 0.228. The molecular formula is C23H21ClN2O2. The van der Waals surface area contributed by atoms with Crippen molar-refractivity contribution in [2.75, 3.05) is 6.54 Å². The molecule has 0 atom stereocenters. The minimum atomic E-state index is -0.228. The number of aromatic nitrogens is 1. The third kappa shape index (κ3) is 4.70. The van der Waals surface area contributed by atoms with Gasteiger partial charge in [-0.1, -0.05) is 54.1 Å². The van der Waals surface area contributed by atoms with Gasteiger partial charge in [-0.05, 0) is 54.5 Å². The number of amides is 1. The van der Waals surface area contributed by atoms with E-state index in [2.05, 4.69) is 16.4 Å². The molecule has 0 unspecified atom stereocenters. The molecular weight excluding hydrogens is 372 g/mol. The van der Waals surface area contributed by atoms with E-state index in [0.717, 1.165) is 6.42 Å². The molecule has 2 aromatic carbocycles. The van der Waals surface area contributed by atoms with Crippen LogP contribution in [0, 0.1) is 0 Å². The number of nitrogens with zero attached hydrogens (tertiary/aromatic N) is 1. The molecule has 28 heavy (non-hydrogen) atoms. The second-order valence-corrected chi connectivity index (χ2v) is 7.33. The SMILES string of the molecule is O=C(NCCc1ccccc1)c1cc(Cl)ncc1Oc1cccc(C2CC2)c1. The fourth-order valence-corrected chi connectivity index (χ4v) is 3.27. The van der Waals surface area contributed by atoms with Gasteiger partial charge in [-0.15, -0.1) is 0 Å². The van der Waals surface area contributed by atoms with Gasteiger partial charge < -0.3 is 10.1 Å². The zero-order chi connectivity index (χ0) is 19.3. The van der Waals surface area contributed by atoms with Gasteiger partial charge in [-0.2, -0.15) is 0 Å². The van der Waals surface area contributed by atoms with Gasteiger partial charge in [-0.25, -0.2) is 4.98 Å². The molecule has 4 nitrogen and oxygen atoms in total. The fraction of sp³-hybridized carbons (Fsp3) is 0.217. The Balaban J connectivity index is 1.46. The molecule has 1 N–H and O–H groups in total. The van der Waals surface area contributed by atoms with E-state index in [1.165, 1.54) is 30.2 Å². The number of pyridine rings is 1. The van der Waals surface area contributed by atoms with Crippen molar-refractivity contribution < 1.29 is 9.53 Å². The van der Waals surface area contributed by atoms with Gasteiger partial charge in [0.25, 0.3) is 5.91 Å². The van der Waals surface area contributed by atoms with Crippen LogP contribution in [-0.4, -0.2) is 17.4 Å². The lowest BCUT2D eigenvalue weighted by molar-refractivity contribution is 0.0951. The van der Waals surface area contributed by atoms with Gasteiger partial charge in [0, 0.05) is 6.54 Å². The Morgan fingerprint density at radius 1 is 1.11 bits per heavy atom. The van der Waals surface area contributed by atoms with E-state index in [1.807, 2.05) is 48.5 Å². The summed E-state index contributed by atoms with van der Waals surface area (Å²) in [6.45, 7) is 0.527. The molecule has 5 heteroatoms. The number of hydrogen-bond donors (Lipinski definition) is 1. The molecule has 0 radical (unpaired) electrons. The Bertz CT molecular complexity index is 971. The molecule has 1 fully saturated rings. The second kappa shape index (κ2) is 8.44. The molecule has 1 aromatic heterocycles. The van der Waals surface area contributed by atoms with Crippen molar-refractivity contribution in [3.8, 4) is 11.5 Å². The maximum Gasteiger partial charge on any atom is 0.255 e. The van der Waals surface area contributed by atoms with Gasteiger partial charge in [-0.3, -0.25) is 4.79 Å². The number of nitrogens with one attached hydrogen (secondary N) is 1. The predicted octanol–water partition coefficient (Wildman–Crippen LogP) is 5.38. The van der Waals surface area contributed by atoms with Crippen LogP contribution < -0.4 is 10.1 Å². The largest absolute Gasteiger partial charge is 0.455 e. The molecule has 4 rings (SSSR count). The van der Waals surface area contributed by atoms with Gasteiger partial charge in [0.15, 0.2) is 5.75 Å². The number of ether oxygens (including phenoxy) is 1. The van der Waals surface area contributed by atoms with Crippen molar-refractivity contribution in [3.63, 3.8) is 0 Å². The summed E-state index contributed by atoms with van der Waals surface area (Å²) in [7, 11) is 0. The smallest absolute Gasteiger partial charge is 0.255 e. The lowest BCUT2D eigenvalue weighted by Crippen LogP contribution is -2.26. The highest BCUT2D eigenvalue weighted by molar-refractivity contribution is 6.29. The lowest BCUT2D eigenvalue weighted by atomic mass is 10.1. The normalized spacial score (nSPS) is 13.2. The van der Waals surface area contributed by atoms with Crippen molar-refractivity contribution in [2.24, 2.45) is 0 Å². The maximum atomic E-state index is 12.7. The van der Waals surface area contributed by atoms with E-state index in [1.54, 1.807) is 6.07 Å². The van der Waals surface area contributed by atoms with E-state index in [-0.39, 0.29) is 11.1 Å². The van der Waals surface area contributed by atoms with E-state index >= 15 is 0 Å². The highest BCUT2D eigenvalue weighted by Crippen LogP contribution is 2.41. The second-order valence-electron chi connectivity index (χ2n) is 6.94. The maximum absolute atomic E-state index is 12.7. The molecule has 0 aliphatic heterocycles. The Morgan fingerprint density at radius 2 is 1.93 bits per heavy atom. The number of carbonyl (C=O) groups excluding carboxylic acids is 1. The third-order valence-corrected chi connectivity index (χ3v) is 4.96. The lowest BCUT2D eigenvalue weighted by Gasteiger charge is -2.12. The monoisotopic (exact) mass is 392 g/mol. The molecule has 0 spiro atoms. The number of benzene rings is 2. The Morgan fingerprint density at radius 3 is 2.71 bits per heavy atom. The van der Waals surface area contributed by atoms with Gasteiger partial charge >= 0.3 is 0 Å². The van der Waals surface area contributed by atoms with Crippen LogP contribution in [0.3, 0.4) is 0 Å². The van der Waals surface area contributed by atoms with E-state index in [4.69, 9.17) is 16.3 Å². The van der Waals surface area contributed by atoms with Crippen LogP contribution in [0.4, 0.5) is 0 Å². The average molecular weight is 393 g/mol. The number of carbonyl (C=O) groups is 1. The third-order valence-electron chi connectivity index (χ3n) is 4.76. The zero-order valence-electron chi connectivity index (χ0n) is 15.4. The molecule has 1 heterocycles. The van der Waals surface area contributed by atoms with E-state index in [9.17, 15) is 4.79 Å². The van der Waals surface area contributed by atoms with Crippen LogP contribution in [0.5, 0.6) is 11.5 Å². The quantitative estimate of drug-likeness (QED) is 0.549. The summed E-state index contributed by atoms with van der Waals surface area (Å²) >= 11 is 6.02. The van der Waals surface area contributed by atoms with Crippen molar-refractivity contribution in [1.29, 1.82) is 0 Å². The van der Waals surface area contributed by atoms with Crippen molar-refractivity contribution in [2.45, 2.75) is 25.2 Å².